The number of benzene rings is 2. The number of aliphatic carboxylic acids is 1. The van der Waals surface area contributed by atoms with Crippen LogP contribution in [0.5, 0.6) is 5.75 Å². The zero-order valence-electron chi connectivity index (χ0n) is 19.3. The number of likely N-dealkylation sites (tertiary alicyclic amines) is 1. The van der Waals surface area contributed by atoms with E-state index < -0.39 is 5.97 Å². The standard InChI is InChI=1S/C27H37NO3/c1-27(2,3)23-9-12-24(13-10-23)31-25-11-8-20-15-19(6-7-21(20)16-25)17-28-14-4-5-22(18-28)26(29)30/h6-8,11,15-16,22-24H,4-5,9-10,12-14,17-18H2,1-3H3,(H,29,30)/t22-,23-,24-/m1/s1. The highest BCUT2D eigenvalue weighted by Crippen LogP contribution is 2.39. The molecule has 1 saturated carbocycles. The minimum absolute atomic E-state index is 0.229. The lowest BCUT2D eigenvalue weighted by molar-refractivity contribution is -0.143. The summed E-state index contributed by atoms with van der Waals surface area (Å²) >= 11 is 0. The van der Waals surface area contributed by atoms with Crippen LogP contribution in [0.1, 0.15) is 64.9 Å². The first-order valence-corrected chi connectivity index (χ1v) is 11.9. The Hall–Kier alpha value is -2.07. The van der Waals surface area contributed by atoms with Crippen molar-refractivity contribution in [1.29, 1.82) is 0 Å². The molecule has 0 amide bonds. The van der Waals surface area contributed by atoms with Crippen LogP contribution in [0.4, 0.5) is 0 Å². The number of piperidine rings is 1. The molecule has 1 heterocycles. The molecule has 0 spiro atoms. The van der Waals surface area contributed by atoms with Crippen molar-refractivity contribution in [3.05, 3.63) is 42.0 Å². The lowest BCUT2D eigenvalue weighted by Crippen LogP contribution is -2.38. The number of nitrogens with zero attached hydrogens (tertiary/aromatic N) is 1. The Morgan fingerprint density at radius 1 is 1.03 bits per heavy atom. The second-order valence-corrected chi connectivity index (χ2v) is 10.7. The first kappa shape index (κ1) is 22.1. The van der Waals surface area contributed by atoms with Gasteiger partial charge in [-0.15, -0.1) is 0 Å². The van der Waals surface area contributed by atoms with E-state index in [9.17, 15) is 9.90 Å². The molecule has 2 aromatic rings. The van der Waals surface area contributed by atoms with Gasteiger partial charge in [-0.2, -0.15) is 0 Å². The summed E-state index contributed by atoms with van der Waals surface area (Å²) in [7, 11) is 0. The molecular weight excluding hydrogens is 386 g/mol. The van der Waals surface area contributed by atoms with Gasteiger partial charge in [-0.1, -0.05) is 39.0 Å². The van der Waals surface area contributed by atoms with Crippen LogP contribution in [-0.4, -0.2) is 35.2 Å². The lowest BCUT2D eigenvalue weighted by atomic mass is 9.72. The number of carbonyl (C=O) groups is 1. The van der Waals surface area contributed by atoms with E-state index >= 15 is 0 Å². The summed E-state index contributed by atoms with van der Waals surface area (Å²) in [6, 6.07) is 13.0. The molecule has 4 nitrogen and oxygen atoms in total. The minimum atomic E-state index is -0.664. The van der Waals surface area contributed by atoms with Gasteiger partial charge in [0, 0.05) is 13.1 Å². The first-order valence-electron chi connectivity index (χ1n) is 11.9. The minimum Gasteiger partial charge on any atom is -0.490 e. The van der Waals surface area contributed by atoms with Crippen LogP contribution in [0.3, 0.4) is 0 Å². The predicted octanol–water partition coefficient (Wildman–Crippen LogP) is 6.12. The van der Waals surface area contributed by atoms with Crippen molar-refractivity contribution in [1.82, 2.24) is 4.90 Å². The van der Waals surface area contributed by atoms with Gasteiger partial charge in [-0.3, -0.25) is 9.69 Å². The highest BCUT2D eigenvalue weighted by Gasteiger charge is 2.30. The zero-order valence-corrected chi connectivity index (χ0v) is 19.3. The quantitative estimate of drug-likeness (QED) is 0.629. The van der Waals surface area contributed by atoms with Crippen molar-refractivity contribution in [2.45, 2.75) is 71.9 Å². The Morgan fingerprint density at radius 2 is 1.74 bits per heavy atom. The highest BCUT2D eigenvalue weighted by atomic mass is 16.5. The van der Waals surface area contributed by atoms with E-state index in [1.54, 1.807) is 0 Å². The Bertz CT molecular complexity index is 908. The largest absolute Gasteiger partial charge is 0.490 e. The number of fused-ring (bicyclic) bond motifs is 1. The molecule has 1 aliphatic heterocycles. The summed E-state index contributed by atoms with van der Waals surface area (Å²) in [5.41, 5.74) is 1.64. The lowest BCUT2D eigenvalue weighted by Gasteiger charge is -2.37. The average Bonchev–Trinajstić information content (AvgIpc) is 2.74. The summed E-state index contributed by atoms with van der Waals surface area (Å²) in [6.07, 6.45) is 6.89. The van der Waals surface area contributed by atoms with E-state index in [1.165, 1.54) is 29.2 Å². The van der Waals surface area contributed by atoms with E-state index in [-0.39, 0.29) is 5.92 Å². The monoisotopic (exact) mass is 423 g/mol. The van der Waals surface area contributed by atoms with E-state index in [1.807, 2.05) is 0 Å². The molecule has 0 bridgehead atoms. The number of hydrogen-bond donors (Lipinski definition) is 1. The topological polar surface area (TPSA) is 49.8 Å². The number of carboxylic acids is 1. The molecule has 1 saturated heterocycles. The average molecular weight is 424 g/mol. The fourth-order valence-electron chi connectivity index (χ4n) is 5.34. The first-order chi connectivity index (χ1) is 14.8. The van der Waals surface area contributed by atoms with Crippen LogP contribution in [-0.2, 0) is 11.3 Å². The fourth-order valence-corrected chi connectivity index (χ4v) is 5.34. The summed E-state index contributed by atoms with van der Waals surface area (Å²) in [5.74, 6) is 0.878. The Kier molecular flexibility index (Phi) is 6.57. The summed E-state index contributed by atoms with van der Waals surface area (Å²) in [4.78, 5) is 13.6. The Morgan fingerprint density at radius 3 is 2.45 bits per heavy atom. The molecule has 2 aromatic carbocycles. The third-order valence-electron chi connectivity index (χ3n) is 7.34. The third kappa shape index (κ3) is 5.60. The molecule has 0 aromatic heterocycles. The fraction of sp³-hybridized carbons (Fsp3) is 0.593. The molecule has 31 heavy (non-hydrogen) atoms. The van der Waals surface area contributed by atoms with Crippen LogP contribution in [0, 0.1) is 17.3 Å². The third-order valence-corrected chi connectivity index (χ3v) is 7.34. The van der Waals surface area contributed by atoms with Gasteiger partial charge in [0.2, 0.25) is 0 Å². The number of ether oxygens (including phenoxy) is 1. The van der Waals surface area contributed by atoms with Crippen molar-refractivity contribution in [2.24, 2.45) is 17.3 Å². The molecular formula is C27H37NO3. The van der Waals surface area contributed by atoms with Crippen molar-refractivity contribution in [3.63, 3.8) is 0 Å². The van der Waals surface area contributed by atoms with Crippen LogP contribution >= 0.6 is 0 Å². The van der Waals surface area contributed by atoms with Gasteiger partial charge in [-0.05, 0) is 90.9 Å². The van der Waals surface area contributed by atoms with Crippen LogP contribution in [0.15, 0.2) is 36.4 Å². The summed E-state index contributed by atoms with van der Waals surface area (Å²) < 4.78 is 6.35. The number of hydrogen-bond acceptors (Lipinski definition) is 3. The number of rotatable bonds is 5. The Balaban J connectivity index is 1.37. The van der Waals surface area contributed by atoms with E-state index in [0.29, 0.717) is 18.1 Å². The molecule has 1 aliphatic carbocycles. The van der Waals surface area contributed by atoms with Gasteiger partial charge in [0.15, 0.2) is 0 Å². The predicted molar refractivity (Wildman–Crippen MR) is 125 cm³/mol. The number of carboxylic acid groups (broad SMARTS) is 1. The van der Waals surface area contributed by atoms with Gasteiger partial charge in [0.25, 0.3) is 0 Å². The maximum Gasteiger partial charge on any atom is 0.307 e. The molecule has 2 fully saturated rings. The van der Waals surface area contributed by atoms with Crippen molar-refractivity contribution >= 4 is 16.7 Å². The van der Waals surface area contributed by atoms with Crippen LogP contribution in [0.25, 0.3) is 10.8 Å². The van der Waals surface area contributed by atoms with Crippen molar-refractivity contribution in [2.75, 3.05) is 13.1 Å². The van der Waals surface area contributed by atoms with Gasteiger partial charge in [0.05, 0.1) is 12.0 Å². The second-order valence-electron chi connectivity index (χ2n) is 10.7. The molecule has 0 unspecified atom stereocenters. The van der Waals surface area contributed by atoms with E-state index in [2.05, 4.69) is 62.1 Å². The maximum absolute atomic E-state index is 11.3. The molecule has 0 radical (unpaired) electrons. The molecule has 1 N–H and O–H groups in total. The van der Waals surface area contributed by atoms with E-state index in [4.69, 9.17) is 4.74 Å². The van der Waals surface area contributed by atoms with Gasteiger partial charge in [0.1, 0.15) is 5.75 Å². The van der Waals surface area contributed by atoms with Crippen molar-refractivity contribution in [3.8, 4) is 5.75 Å². The normalized spacial score (nSPS) is 25.5. The maximum atomic E-state index is 11.3. The molecule has 168 valence electrons. The second kappa shape index (κ2) is 9.20. The Labute approximate surface area is 186 Å². The van der Waals surface area contributed by atoms with Gasteiger partial charge in [-0.25, -0.2) is 0 Å². The summed E-state index contributed by atoms with van der Waals surface area (Å²) in [5, 5.41) is 11.7. The summed E-state index contributed by atoms with van der Waals surface area (Å²) in [6.45, 7) is 9.50. The highest BCUT2D eigenvalue weighted by molar-refractivity contribution is 5.84. The molecule has 4 heteroatoms. The molecule has 4 rings (SSSR count). The van der Waals surface area contributed by atoms with E-state index in [0.717, 1.165) is 50.4 Å². The van der Waals surface area contributed by atoms with Crippen molar-refractivity contribution < 1.29 is 14.6 Å². The van der Waals surface area contributed by atoms with Gasteiger partial charge >= 0.3 is 5.97 Å². The van der Waals surface area contributed by atoms with Gasteiger partial charge < -0.3 is 9.84 Å². The van der Waals surface area contributed by atoms with Crippen LogP contribution < -0.4 is 4.74 Å². The van der Waals surface area contributed by atoms with Crippen LogP contribution in [0.2, 0.25) is 0 Å². The SMILES string of the molecule is CC(C)(C)[C@H]1CC[C@H](Oc2ccc3cc(CN4CCC[C@@H](C(=O)O)C4)ccc3c2)CC1. The zero-order chi connectivity index (χ0) is 22.0. The molecule has 1 atom stereocenters. The molecule has 2 aliphatic rings. The smallest absolute Gasteiger partial charge is 0.307 e.